The molecule has 2 aromatic rings. The van der Waals surface area contributed by atoms with Gasteiger partial charge in [-0.25, -0.2) is 9.88 Å². The lowest BCUT2D eigenvalue weighted by atomic mass is 10.1. The Morgan fingerprint density at radius 1 is 1.30 bits per heavy atom. The van der Waals surface area contributed by atoms with Crippen LogP contribution in [0.2, 0.25) is 0 Å². The number of hydrogen-bond donors (Lipinski definition) is 0. The number of benzene rings is 1. The van der Waals surface area contributed by atoms with Crippen molar-refractivity contribution in [2.75, 3.05) is 11.5 Å². The van der Waals surface area contributed by atoms with E-state index in [4.69, 9.17) is 4.74 Å². The van der Waals surface area contributed by atoms with Gasteiger partial charge in [0.1, 0.15) is 16.8 Å². The highest BCUT2D eigenvalue weighted by molar-refractivity contribution is 8.00. The summed E-state index contributed by atoms with van der Waals surface area (Å²) in [7, 11) is 0. The van der Waals surface area contributed by atoms with Crippen molar-refractivity contribution in [1.29, 1.82) is 5.26 Å². The lowest BCUT2D eigenvalue weighted by Crippen LogP contribution is -2.31. The van der Waals surface area contributed by atoms with Gasteiger partial charge in [-0.2, -0.15) is 5.26 Å². The van der Waals surface area contributed by atoms with E-state index in [0.29, 0.717) is 28.6 Å². The fourth-order valence-corrected chi connectivity index (χ4v) is 4.21. The molecule has 1 atom stereocenters. The van der Waals surface area contributed by atoms with E-state index in [1.165, 1.54) is 16.7 Å². The molecule has 0 aliphatic carbocycles. The minimum Gasteiger partial charge on any atom is -0.494 e. The predicted molar refractivity (Wildman–Crippen MR) is 103 cm³/mol. The van der Waals surface area contributed by atoms with Crippen LogP contribution in [0.15, 0.2) is 35.4 Å². The van der Waals surface area contributed by atoms with Crippen molar-refractivity contribution < 1.29 is 14.3 Å². The van der Waals surface area contributed by atoms with Gasteiger partial charge in [0.25, 0.3) is 0 Å². The zero-order chi connectivity index (χ0) is 19.6. The van der Waals surface area contributed by atoms with Gasteiger partial charge in [0.05, 0.1) is 23.1 Å². The normalized spacial score (nSPS) is 16.5. The Kier molecular flexibility index (Phi) is 5.47. The average Bonchev–Trinajstić information content (AvgIpc) is 2.89. The smallest absolute Gasteiger partial charge is 0.247 e. The second kappa shape index (κ2) is 7.80. The summed E-state index contributed by atoms with van der Waals surface area (Å²) in [4.78, 5) is 30.9. The molecule has 27 heavy (non-hydrogen) atoms. The Hall–Kier alpha value is -2.85. The Morgan fingerprint density at radius 2 is 2.00 bits per heavy atom. The third-order valence-electron chi connectivity index (χ3n) is 4.19. The molecule has 1 aromatic carbocycles. The number of aryl methyl sites for hydroxylation is 2. The Bertz CT molecular complexity index is 935. The van der Waals surface area contributed by atoms with Gasteiger partial charge in [0.2, 0.25) is 11.8 Å². The van der Waals surface area contributed by atoms with Gasteiger partial charge in [-0.3, -0.25) is 9.59 Å². The minimum atomic E-state index is -0.593. The lowest BCUT2D eigenvalue weighted by Gasteiger charge is -2.16. The molecule has 1 aromatic heterocycles. The number of anilines is 1. The quantitative estimate of drug-likeness (QED) is 0.738. The summed E-state index contributed by atoms with van der Waals surface area (Å²) in [6.07, 6.45) is 0.0796. The predicted octanol–water partition coefficient (Wildman–Crippen LogP) is 3.39. The van der Waals surface area contributed by atoms with E-state index in [2.05, 4.69) is 11.1 Å². The summed E-state index contributed by atoms with van der Waals surface area (Å²) in [5.41, 5.74) is 2.55. The number of carbonyl (C=O) groups excluding carboxylic acids is 2. The molecule has 6 nitrogen and oxygen atoms in total. The molecule has 0 radical (unpaired) electrons. The maximum Gasteiger partial charge on any atom is 0.247 e. The Morgan fingerprint density at radius 3 is 2.63 bits per heavy atom. The van der Waals surface area contributed by atoms with Crippen LogP contribution in [0.1, 0.15) is 30.2 Å². The standard InChI is InChI=1S/C20H19N3O3S/c1-4-26-15-7-5-14(6-8-15)23-18(24)10-17(20(23)25)27-19-16(11-21)12(2)9-13(3)22-19/h5-9,17H,4,10H2,1-3H3/t17-/m1/s1. The second-order valence-corrected chi connectivity index (χ2v) is 7.37. The molecule has 0 bridgehead atoms. The molecule has 7 heteroatoms. The van der Waals surface area contributed by atoms with Crippen molar-refractivity contribution in [3.63, 3.8) is 0 Å². The zero-order valence-electron chi connectivity index (χ0n) is 15.4. The summed E-state index contributed by atoms with van der Waals surface area (Å²) in [6, 6.07) is 10.8. The van der Waals surface area contributed by atoms with Crippen molar-refractivity contribution in [3.05, 3.63) is 47.2 Å². The van der Waals surface area contributed by atoms with Gasteiger partial charge in [0.15, 0.2) is 0 Å². The van der Waals surface area contributed by atoms with Gasteiger partial charge in [-0.1, -0.05) is 11.8 Å². The van der Waals surface area contributed by atoms with Crippen molar-refractivity contribution >= 4 is 29.3 Å². The average molecular weight is 381 g/mol. The van der Waals surface area contributed by atoms with E-state index in [1.54, 1.807) is 24.3 Å². The van der Waals surface area contributed by atoms with Gasteiger partial charge >= 0.3 is 0 Å². The van der Waals surface area contributed by atoms with Crippen LogP contribution in [-0.4, -0.2) is 28.7 Å². The number of hydrogen-bond acceptors (Lipinski definition) is 6. The van der Waals surface area contributed by atoms with Gasteiger partial charge < -0.3 is 4.74 Å². The molecule has 2 heterocycles. The summed E-state index contributed by atoms with van der Waals surface area (Å²) in [5, 5.41) is 9.31. The molecule has 138 valence electrons. The van der Waals surface area contributed by atoms with E-state index in [-0.39, 0.29) is 18.2 Å². The molecular weight excluding hydrogens is 362 g/mol. The van der Waals surface area contributed by atoms with E-state index in [0.717, 1.165) is 11.3 Å². The monoisotopic (exact) mass is 381 g/mol. The second-order valence-electron chi connectivity index (χ2n) is 6.18. The van der Waals surface area contributed by atoms with Gasteiger partial charge in [-0.05, 0) is 56.7 Å². The number of thioether (sulfide) groups is 1. The number of rotatable bonds is 5. The van der Waals surface area contributed by atoms with Crippen LogP contribution in [0.25, 0.3) is 0 Å². The van der Waals surface area contributed by atoms with Crippen LogP contribution >= 0.6 is 11.8 Å². The van der Waals surface area contributed by atoms with Crippen molar-refractivity contribution in [1.82, 2.24) is 4.98 Å². The molecule has 2 amide bonds. The molecule has 0 N–H and O–H groups in total. The topological polar surface area (TPSA) is 83.3 Å². The van der Waals surface area contributed by atoms with Crippen LogP contribution in [0.5, 0.6) is 5.75 Å². The first-order valence-corrected chi connectivity index (χ1v) is 9.47. The third kappa shape index (κ3) is 3.81. The highest BCUT2D eigenvalue weighted by Crippen LogP contribution is 2.35. The number of nitriles is 1. The number of aromatic nitrogens is 1. The highest BCUT2D eigenvalue weighted by atomic mass is 32.2. The first kappa shape index (κ1) is 18.9. The number of amides is 2. The number of ether oxygens (including phenoxy) is 1. The van der Waals surface area contributed by atoms with Crippen molar-refractivity contribution in [2.24, 2.45) is 0 Å². The number of carbonyl (C=O) groups is 2. The summed E-state index contributed by atoms with van der Waals surface area (Å²) in [5.74, 6) is 0.132. The molecule has 0 unspecified atom stereocenters. The number of pyridine rings is 1. The highest BCUT2D eigenvalue weighted by Gasteiger charge is 2.40. The summed E-state index contributed by atoms with van der Waals surface area (Å²) >= 11 is 1.18. The lowest BCUT2D eigenvalue weighted by molar-refractivity contribution is -0.121. The van der Waals surface area contributed by atoms with E-state index >= 15 is 0 Å². The molecule has 1 aliphatic rings. The Balaban J connectivity index is 1.84. The summed E-state index contributed by atoms with van der Waals surface area (Å²) in [6.45, 7) is 6.11. The van der Waals surface area contributed by atoms with Crippen LogP contribution in [0.4, 0.5) is 5.69 Å². The van der Waals surface area contributed by atoms with Crippen molar-refractivity contribution in [2.45, 2.75) is 37.5 Å². The maximum absolute atomic E-state index is 12.8. The molecule has 1 saturated heterocycles. The third-order valence-corrected chi connectivity index (χ3v) is 5.36. The van der Waals surface area contributed by atoms with E-state index in [9.17, 15) is 14.9 Å². The zero-order valence-corrected chi connectivity index (χ0v) is 16.2. The fourth-order valence-electron chi connectivity index (χ4n) is 2.98. The van der Waals surface area contributed by atoms with Crippen LogP contribution in [0.3, 0.4) is 0 Å². The molecule has 1 aliphatic heterocycles. The van der Waals surface area contributed by atoms with Gasteiger partial charge in [-0.15, -0.1) is 0 Å². The molecule has 1 fully saturated rings. The molecular formula is C20H19N3O3S. The van der Waals surface area contributed by atoms with Crippen LogP contribution < -0.4 is 9.64 Å². The first-order valence-electron chi connectivity index (χ1n) is 8.59. The number of imide groups is 1. The summed E-state index contributed by atoms with van der Waals surface area (Å²) < 4.78 is 5.39. The molecule has 3 rings (SSSR count). The van der Waals surface area contributed by atoms with Crippen LogP contribution in [-0.2, 0) is 9.59 Å². The minimum absolute atomic E-state index is 0.0796. The Labute approximate surface area is 162 Å². The van der Waals surface area contributed by atoms with E-state index in [1.807, 2.05) is 26.8 Å². The fraction of sp³-hybridized carbons (Fsp3) is 0.300. The molecule has 0 saturated carbocycles. The van der Waals surface area contributed by atoms with Gasteiger partial charge in [0, 0.05) is 12.1 Å². The SMILES string of the molecule is CCOc1ccc(N2C(=O)C[C@@H](Sc3nc(C)cc(C)c3C#N)C2=O)cc1. The number of nitrogens with zero attached hydrogens (tertiary/aromatic N) is 3. The molecule has 0 spiro atoms. The maximum atomic E-state index is 12.8. The van der Waals surface area contributed by atoms with Crippen LogP contribution in [0, 0.1) is 25.2 Å². The largest absolute Gasteiger partial charge is 0.494 e. The van der Waals surface area contributed by atoms with E-state index < -0.39 is 5.25 Å². The van der Waals surface area contributed by atoms with Crippen molar-refractivity contribution in [3.8, 4) is 11.8 Å². The first-order chi connectivity index (χ1) is 12.9.